The van der Waals surface area contributed by atoms with Gasteiger partial charge in [0, 0.05) is 6.92 Å². The highest BCUT2D eigenvalue weighted by Gasteiger charge is 2.07. The Bertz CT molecular complexity index is 181. The van der Waals surface area contributed by atoms with Crippen LogP contribution in [0, 0.1) is 0 Å². The van der Waals surface area contributed by atoms with Crippen LogP contribution in [0.15, 0.2) is 0 Å². The largest absolute Gasteiger partial charge is 0.461 e. The normalized spacial score (nSPS) is 11.6. The van der Waals surface area contributed by atoms with Crippen molar-refractivity contribution in [2.24, 2.45) is 0 Å². The Morgan fingerprint density at radius 2 is 2.08 bits per heavy atom. The van der Waals surface area contributed by atoms with Gasteiger partial charge in [-0.3, -0.25) is 4.79 Å². The van der Waals surface area contributed by atoms with E-state index in [1.807, 2.05) is 0 Å². The Hall–Kier alpha value is -1.26. The molecule has 0 spiro atoms. The zero-order valence-electron chi connectivity index (χ0n) is 8.12. The molecule has 0 saturated carbocycles. The first kappa shape index (κ1) is 11.7. The van der Waals surface area contributed by atoms with Crippen molar-refractivity contribution >= 4 is 12.1 Å². The average Bonchev–Trinajstić information content (AvgIpc) is 2.00. The van der Waals surface area contributed by atoms with Crippen LogP contribution < -0.4 is 5.32 Å². The maximum atomic E-state index is 10.8. The quantitative estimate of drug-likeness (QED) is 0.660. The molecule has 5 heteroatoms. The fourth-order valence-corrected chi connectivity index (χ4v) is 0.734. The molecule has 1 N–H and O–H groups in total. The lowest BCUT2D eigenvalue weighted by Gasteiger charge is -2.12. The van der Waals surface area contributed by atoms with E-state index in [2.05, 4.69) is 10.1 Å². The second kappa shape index (κ2) is 6.28. The molecule has 5 nitrogen and oxygen atoms in total. The van der Waals surface area contributed by atoms with Crippen molar-refractivity contribution in [1.82, 2.24) is 5.32 Å². The number of hydrogen-bond donors (Lipinski definition) is 1. The fourth-order valence-electron chi connectivity index (χ4n) is 0.734. The number of esters is 1. The van der Waals surface area contributed by atoms with Gasteiger partial charge in [-0.05, 0) is 13.8 Å². The summed E-state index contributed by atoms with van der Waals surface area (Å²) in [6.07, 6.45) is -0.830. The molecule has 0 saturated heterocycles. The fraction of sp³-hybridized carbons (Fsp3) is 0.750. The smallest absolute Gasteiger partial charge is 0.407 e. The minimum absolute atomic E-state index is 0.262. The molecule has 0 heterocycles. The number of carbonyl (C=O) groups excluding carboxylic acids is 2. The van der Waals surface area contributed by atoms with Gasteiger partial charge in [-0.1, -0.05) is 0 Å². The third kappa shape index (κ3) is 7.11. The van der Waals surface area contributed by atoms with Crippen molar-refractivity contribution in [1.29, 1.82) is 0 Å². The van der Waals surface area contributed by atoms with E-state index in [4.69, 9.17) is 4.74 Å². The molecular weight excluding hydrogens is 174 g/mol. The number of nitrogens with one attached hydrogen (secondary N) is 1. The van der Waals surface area contributed by atoms with Crippen molar-refractivity contribution in [3.8, 4) is 0 Å². The summed E-state index contributed by atoms with van der Waals surface area (Å²) in [6, 6.07) is 0. The summed E-state index contributed by atoms with van der Waals surface area (Å²) in [7, 11) is 0. The Morgan fingerprint density at radius 1 is 1.46 bits per heavy atom. The summed E-state index contributed by atoms with van der Waals surface area (Å²) < 4.78 is 9.38. The molecule has 1 unspecified atom stereocenters. The SMILES string of the molecule is CCOC(=O)NCC(C)OC(C)=O. The number of alkyl carbamates (subject to hydrolysis) is 1. The van der Waals surface area contributed by atoms with Gasteiger partial charge in [0.15, 0.2) is 0 Å². The first-order chi connectivity index (χ1) is 6.06. The number of rotatable bonds is 4. The Labute approximate surface area is 77.4 Å². The average molecular weight is 189 g/mol. The van der Waals surface area contributed by atoms with E-state index < -0.39 is 6.09 Å². The van der Waals surface area contributed by atoms with Crippen LogP contribution in [0.3, 0.4) is 0 Å². The van der Waals surface area contributed by atoms with Gasteiger partial charge in [0.2, 0.25) is 0 Å². The van der Waals surface area contributed by atoms with Crippen molar-refractivity contribution < 1.29 is 19.1 Å². The topological polar surface area (TPSA) is 64.6 Å². The van der Waals surface area contributed by atoms with Gasteiger partial charge in [-0.2, -0.15) is 0 Å². The summed E-state index contributed by atoms with van der Waals surface area (Å²) in [5.74, 6) is -0.363. The first-order valence-corrected chi connectivity index (χ1v) is 4.14. The molecule has 0 rings (SSSR count). The van der Waals surface area contributed by atoms with Gasteiger partial charge in [-0.25, -0.2) is 4.79 Å². The highest BCUT2D eigenvalue weighted by atomic mass is 16.6. The van der Waals surface area contributed by atoms with E-state index in [-0.39, 0.29) is 18.6 Å². The predicted octanol–water partition coefficient (Wildman–Crippen LogP) is 0.684. The summed E-state index contributed by atoms with van der Waals surface area (Å²) in [5.41, 5.74) is 0. The van der Waals surface area contributed by atoms with Crippen LogP contribution in [0.4, 0.5) is 4.79 Å². The standard InChI is InChI=1S/C8H15NO4/c1-4-12-8(11)9-5-6(2)13-7(3)10/h6H,4-5H2,1-3H3,(H,9,11). The Kier molecular flexibility index (Phi) is 5.67. The minimum Gasteiger partial charge on any atom is -0.461 e. The third-order valence-electron chi connectivity index (χ3n) is 1.18. The summed E-state index contributed by atoms with van der Waals surface area (Å²) in [5, 5.41) is 2.45. The van der Waals surface area contributed by atoms with Crippen LogP contribution in [-0.4, -0.2) is 31.3 Å². The van der Waals surface area contributed by atoms with E-state index >= 15 is 0 Å². The number of amides is 1. The molecule has 76 valence electrons. The molecule has 0 aromatic carbocycles. The van der Waals surface area contributed by atoms with E-state index in [9.17, 15) is 9.59 Å². The lowest BCUT2D eigenvalue weighted by Crippen LogP contribution is -2.33. The molecule has 0 aliphatic heterocycles. The van der Waals surface area contributed by atoms with Crippen LogP contribution in [0.5, 0.6) is 0 Å². The molecule has 0 radical (unpaired) electrons. The molecular formula is C8H15NO4. The maximum Gasteiger partial charge on any atom is 0.407 e. The molecule has 0 aromatic rings. The molecule has 0 bridgehead atoms. The summed E-state index contributed by atoms with van der Waals surface area (Å²) in [6.45, 7) is 5.32. The second-order valence-electron chi connectivity index (χ2n) is 2.52. The minimum atomic E-state index is -0.499. The van der Waals surface area contributed by atoms with Crippen molar-refractivity contribution in [2.45, 2.75) is 26.9 Å². The summed E-state index contributed by atoms with van der Waals surface area (Å²) in [4.78, 5) is 21.2. The van der Waals surface area contributed by atoms with Crippen molar-refractivity contribution in [2.75, 3.05) is 13.2 Å². The van der Waals surface area contributed by atoms with Crippen LogP contribution in [0.2, 0.25) is 0 Å². The van der Waals surface area contributed by atoms with Crippen molar-refractivity contribution in [3.63, 3.8) is 0 Å². The molecule has 1 atom stereocenters. The molecule has 0 aliphatic rings. The van der Waals surface area contributed by atoms with Crippen LogP contribution >= 0.6 is 0 Å². The van der Waals surface area contributed by atoms with Crippen LogP contribution in [0.25, 0.3) is 0 Å². The predicted molar refractivity (Wildman–Crippen MR) is 46.3 cm³/mol. The molecule has 13 heavy (non-hydrogen) atoms. The lowest BCUT2D eigenvalue weighted by atomic mass is 10.4. The van der Waals surface area contributed by atoms with Crippen molar-refractivity contribution in [3.05, 3.63) is 0 Å². The zero-order chi connectivity index (χ0) is 10.3. The van der Waals surface area contributed by atoms with Gasteiger partial charge in [-0.15, -0.1) is 0 Å². The van der Waals surface area contributed by atoms with Gasteiger partial charge in [0.25, 0.3) is 0 Å². The second-order valence-corrected chi connectivity index (χ2v) is 2.52. The molecule has 0 aromatic heterocycles. The number of carbonyl (C=O) groups is 2. The molecule has 0 aliphatic carbocycles. The van der Waals surface area contributed by atoms with Gasteiger partial charge in [0.1, 0.15) is 6.10 Å². The van der Waals surface area contributed by atoms with Gasteiger partial charge < -0.3 is 14.8 Å². The lowest BCUT2D eigenvalue weighted by molar-refractivity contribution is -0.145. The van der Waals surface area contributed by atoms with E-state index in [0.717, 1.165) is 0 Å². The van der Waals surface area contributed by atoms with Gasteiger partial charge >= 0.3 is 12.1 Å². The van der Waals surface area contributed by atoms with E-state index in [1.54, 1.807) is 13.8 Å². The first-order valence-electron chi connectivity index (χ1n) is 4.14. The monoisotopic (exact) mass is 189 g/mol. The van der Waals surface area contributed by atoms with Crippen LogP contribution in [0.1, 0.15) is 20.8 Å². The highest BCUT2D eigenvalue weighted by Crippen LogP contribution is 1.89. The maximum absolute atomic E-state index is 10.8. The van der Waals surface area contributed by atoms with E-state index in [0.29, 0.717) is 6.61 Å². The number of hydrogen-bond acceptors (Lipinski definition) is 4. The highest BCUT2D eigenvalue weighted by molar-refractivity contribution is 5.67. The Balaban J connectivity index is 3.51. The Morgan fingerprint density at radius 3 is 2.54 bits per heavy atom. The van der Waals surface area contributed by atoms with Crippen LogP contribution in [-0.2, 0) is 14.3 Å². The third-order valence-corrected chi connectivity index (χ3v) is 1.18. The zero-order valence-corrected chi connectivity index (χ0v) is 8.12. The van der Waals surface area contributed by atoms with Gasteiger partial charge in [0.05, 0.1) is 13.2 Å². The molecule has 1 amide bonds. The summed E-state index contributed by atoms with van der Waals surface area (Å²) >= 11 is 0. The van der Waals surface area contributed by atoms with E-state index in [1.165, 1.54) is 6.92 Å². The number of ether oxygens (including phenoxy) is 2. The molecule has 0 fully saturated rings.